The molecule has 0 spiro atoms. The van der Waals surface area contributed by atoms with Gasteiger partial charge in [0.25, 0.3) is 5.91 Å². The van der Waals surface area contributed by atoms with Crippen LogP contribution in [0.4, 0.5) is 0 Å². The fraction of sp³-hybridized carbons (Fsp3) is 0.222. The molecule has 0 radical (unpaired) electrons. The summed E-state index contributed by atoms with van der Waals surface area (Å²) in [5.74, 6) is -0.166. The number of aryl methyl sites for hydroxylation is 1. The third-order valence-corrected chi connectivity index (χ3v) is 2.78. The molecule has 0 saturated heterocycles. The lowest BCUT2D eigenvalue weighted by Crippen LogP contribution is -2.22. The van der Waals surface area contributed by atoms with Gasteiger partial charge in [0.15, 0.2) is 0 Å². The highest BCUT2D eigenvalue weighted by molar-refractivity contribution is 7.09. The Hall–Kier alpha value is -1.69. The smallest absolute Gasteiger partial charge is 0.269 e. The Kier molecular flexibility index (Phi) is 2.77. The van der Waals surface area contributed by atoms with Gasteiger partial charge in [-0.05, 0) is 6.92 Å². The van der Waals surface area contributed by atoms with Gasteiger partial charge in [-0.1, -0.05) is 0 Å². The van der Waals surface area contributed by atoms with Crippen LogP contribution in [-0.2, 0) is 6.54 Å². The second kappa shape index (κ2) is 4.22. The first-order valence-corrected chi connectivity index (χ1v) is 5.31. The number of nitrogens with one attached hydrogen (secondary N) is 2. The highest BCUT2D eigenvalue weighted by atomic mass is 32.1. The van der Waals surface area contributed by atoms with Gasteiger partial charge in [0.2, 0.25) is 0 Å². The van der Waals surface area contributed by atoms with Gasteiger partial charge in [-0.15, -0.1) is 11.3 Å². The number of carbonyl (C=O) groups is 1. The van der Waals surface area contributed by atoms with Crippen molar-refractivity contribution in [1.82, 2.24) is 20.3 Å². The summed E-state index contributed by atoms with van der Waals surface area (Å²) >= 11 is 1.54. The number of amides is 1. The number of H-pyrrole nitrogens is 1. The van der Waals surface area contributed by atoms with Gasteiger partial charge in [0.05, 0.1) is 19.1 Å². The minimum Gasteiger partial charge on any atom is -0.344 e. The summed E-state index contributed by atoms with van der Waals surface area (Å²) in [5.41, 5.74) is 1.44. The number of rotatable bonds is 3. The summed E-state index contributed by atoms with van der Waals surface area (Å²) in [6.07, 6.45) is 2.96. The van der Waals surface area contributed by atoms with Crippen molar-refractivity contribution in [2.24, 2.45) is 0 Å². The van der Waals surface area contributed by atoms with E-state index in [9.17, 15) is 4.79 Å². The molecule has 0 fully saturated rings. The van der Waals surface area contributed by atoms with Crippen LogP contribution in [0.5, 0.6) is 0 Å². The summed E-state index contributed by atoms with van der Waals surface area (Å²) in [6, 6.07) is 0. The molecule has 5 nitrogen and oxygen atoms in total. The zero-order chi connectivity index (χ0) is 10.7. The third-order valence-electron chi connectivity index (χ3n) is 1.81. The van der Waals surface area contributed by atoms with Crippen molar-refractivity contribution in [2.45, 2.75) is 13.5 Å². The average molecular weight is 222 g/mol. The first-order valence-electron chi connectivity index (χ1n) is 4.43. The van der Waals surface area contributed by atoms with Crippen molar-refractivity contribution >= 4 is 17.2 Å². The maximum atomic E-state index is 11.5. The number of nitrogens with zero attached hydrogens (tertiary/aromatic N) is 2. The molecule has 0 bridgehead atoms. The SMILES string of the molecule is Cc1csc(CNC(=O)c2cnc[nH]2)n1. The second-order valence-corrected chi connectivity index (χ2v) is 3.97. The molecule has 0 aliphatic rings. The van der Waals surface area contributed by atoms with Gasteiger partial charge >= 0.3 is 0 Å². The van der Waals surface area contributed by atoms with Crippen molar-refractivity contribution in [3.05, 3.63) is 34.3 Å². The molecule has 0 saturated carbocycles. The lowest BCUT2D eigenvalue weighted by molar-refractivity contribution is 0.0946. The Morgan fingerprint density at radius 1 is 1.67 bits per heavy atom. The monoisotopic (exact) mass is 222 g/mol. The number of imidazole rings is 1. The summed E-state index contributed by atoms with van der Waals surface area (Å²) in [4.78, 5) is 22.2. The van der Waals surface area contributed by atoms with Crippen LogP contribution in [0.3, 0.4) is 0 Å². The number of thiazole rings is 1. The third kappa shape index (κ3) is 2.41. The van der Waals surface area contributed by atoms with Gasteiger partial charge in [0.1, 0.15) is 10.7 Å². The molecule has 0 atom stereocenters. The Morgan fingerprint density at radius 3 is 3.13 bits per heavy atom. The molecule has 2 aromatic heterocycles. The zero-order valence-electron chi connectivity index (χ0n) is 8.15. The number of carbonyl (C=O) groups excluding carboxylic acids is 1. The van der Waals surface area contributed by atoms with E-state index in [4.69, 9.17) is 0 Å². The van der Waals surface area contributed by atoms with Crippen molar-refractivity contribution in [2.75, 3.05) is 0 Å². The van der Waals surface area contributed by atoms with E-state index in [0.29, 0.717) is 12.2 Å². The fourth-order valence-corrected chi connectivity index (χ4v) is 1.83. The summed E-state index contributed by atoms with van der Waals surface area (Å²) in [6.45, 7) is 2.38. The molecule has 0 aliphatic heterocycles. The topological polar surface area (TPSA) is 70.7 Å². The first-order chi connectivity index (χ1) is 7.25. The van der Waals surface area contributed by atoms with E-state index >= 15 is 0 Å². The molecule has 2 heterocycles. The van der Waals surface area contributed by atoms with Gasteiger partial charge in [-0.3, -0.25) is 4.79 Å². The van der Waals surface area contributed by atoms with Crippen LogP contribution in [0.1, 0.15) is 21.2 Å². The van der Waals surface area contributed by atoms with Crippen LogP contribution in [0.15, 0.2) is 17.9 Å². The number of hydrogen-bond acceptors (Lipinski definition) is 4. The maximum absolute atomic E-state index is 11.5. The van der Waals surface area contributed by atoms with Crippen molar-refractivity contribution in [1.29, 1.82) is 0 Å². The van der Waals surface area contributed by atoms with Crippen LogP contribution >= 0.6 is 11.3 Å². The summed E-state index contributed by atoms with van der Waals surface area (Å²) < 4.78 is 0. The summed E-state index contributed by atoms with van der Waals surface area (Å²) in [7, 11) is 0. The van der Waals surface area contributed by atoms with Crippen molar-refractivity contribution in [3.8, 4) is 0 Å². The van der Waals surface area contributed by atoms with Gasteiger partial charge in [-0.25, -0.2) is 9.97 Å². The minimum absolute atomic E-state index is 0.166. The Labute approximate surface area is 90.6 Å². The van der Waals surface area contributed by atoms with E-state index in [1.54, 1.807) is 0 Å². The lowest BCUT2D eigenvalue weighted by Gasteiger charge is -1.99. The van der Waals surface area contributed by atoms with Gasteiger partial charge in [0, 0.05) is 11.1 Å². The fourth-order valence-electron chi connectivity index (χ4n) is 1.12. The van der Waals surface area contributed by atoms with E-state index in [2.05, 4.69) is 20.3 Å². The Balaban J connectivity index is 1.91. The quantitative estimate of drug-likeness (QED) is 0.817. The largest absolute Gasteiger partial charge is 0.344 e. The van der Waals surface area contributed by atoms with Crippen LogP contribution in [0, 0.1) is 6.92 Å². The zero-order valence-corrected chi connectivity index (χ0v) is 8.97. The molecule has 78 valence electrons. The minimum atomic E-state index is -0.166. The molecular formula is C9H10N4OS. The molecular weight excluding hydrogens is 212 g/mol. The normalized spacial score (nSPS) is 10.2. The van der Waals surface area contributed by atoms with E-state index in [1.165, 1.54) is 23.9 Å². The van der Waals surface area contributed by atoms with Crippen LogP contribution in [0.2, 0.25) is 0 Å². The van der Waals surface area contributed by atoms with Crippen LogP contribution in [0.25, 0.3) is 0 Å². The number of aromatic amines is 1. The molecule has 0 aromatic carbocycles. The maximum Gasteiger partial charge on any atom is 0.269 e. The molecule has 15 heavy (non-hydrogen) atoms. The lowest BCUT2D eigenvalue weighted by atomic mass is 10.4. The first kappa shape index (κ1) is 9.85. The molecule has 1 amide bonds. The van der Waals surface area contributed by atoms with E-state index in [0.717, 1.165) is 10.7 Å². The van der Waals surface area contributed by atoms with Crippen LogP contribution < -0.4 is 5.32 Å². The second-order valence-electron chi connectivity index (χ2n) is 3.03. The molecule has 2 rings (SSSR count). The Bertz CT molecular complexity index is 448. The molecule has 2 N–H and O–H groups in total. The van der Waals surface area contributed by atoms with Crippen molar-refractivity contribution < 1.29 is 4.79 Å². The molecule has 2 aromatic rings. The van der Waals surface area contributed by atoms with Crippen molar-refractivity contribution in [3.63, 3.8) is 0 Å². The molecule has 0 aliphatic carbocycles. The summed E-state index contributed by atoms with van der Waals surface area (Å²) in [5, 5.41) is 5.61. The van der Waals surface area contributed by atoms with E-state index < -0.39 is 0 Å². The number of aromatic nitrogens is 3. The molecule has 6 heteroatoms. The Morgan fingerprint density at radius 2 is 2.53 bits per heavy atom. The predicted octanol–water partition coefficient (Wildman–Crippen LogP) is 1.10. The standard InChI is InChI=1S/C9H10N4OS/c1-6-4-15-8(13-6)3-11-9(14)7-2-10-5-12-7/h2,4-5H,3H2,1H3,(H,10,12)(H,11,14). The average Bonchev–Trinajstić information content (AvgIpc) is 2.84. The number of hydrogen-bond donors (Lipinski definition) is 2. The van der Waals surface area contributed by atoms with Gasteiger partial charge in [-0.2, -0.15) is 0 Å². The van der Waals surface area contributed by atoms with Crippen LogP contribution in [-0.4, -0.2) is 20.9 Å². The van der Waals surface area contributed by atoms with E-state index in [1.807, 2.05) is 12.3 Å². The van der Waals surface area contributed by atoms with Gasteiger partial charge < -0.3 is 10.3 Å². The highest BCUT2D eigenvalue weighted by Gasteiger charge is 2.06. The molecule has 0 unspecified atom stereocenters. The predicted molar refractivity (Wildman–Crippen MR) is 56.6 cm³/mol. The highest BCUT2D eigenvalue weighted by Crippen LogP contribution is 2.07. The van der Waals surface area contributed by atoms with E-state index in [-0.39, 0.29) is 5.91 Å².